The number of hydrogen-bond acceptors (Lipinski definition) is 3. The SMILES string of the molecule is CCCCNC(=O)C1(NC(=O)C2CCN(C(=O)Nc3ccccc3)CC2)CCCCC1. The maximum atomic E-state index is 13.1. The van der Waals surface area contributed by atoms with Gasteiger partial charge in [-0.25, -0.2) is 4.79 Å². The molecule has 1 heterocycles. The van der Waals surface area contributed by atoms with Crippen LogP contribution in [-0.2, 0) is 9.59 Å². The lowest BCUT2D eigenvalue weighted by Crippen LogP contribution is -2.61. The van der Waals surface area contributed by atoms with Gasteiger partial charge in [-0.2, -0.15) is 0 Å². The molecule has 0 spiro atoms. The molecule has 31 heavy (non-hydrogen) atoms. The molecule has 0 atom stereocenters. The van der Waals surface area contributed by atoms with Crippen molar-refractivity contribution in [3.8, 4) is 0 Å². The van der Waals surface area contributed by atoms with E-state index in [4.69, 9.17) is 0 Å². The summed E-state index contributed by atoms with van der Waals surface area (Å²) in [4.78, 5) is 40.2. The molecule has 1 aromatic carbocycles. The van der Waals surface area contributed by atoms with Gasteiger partial charge in [0, 0.05) is 31.2 Å². The third-order valence-corrected chi connectivity index (χ3v) is 6.50. The number of amides is 4. The molecule has 3 N–H and O–H groups in total. The van der Waals surface area contributed by atoms with E-state index >= 15 is 0 Å². The number of benzene rings is 1. The van der Waals surface area contributed by atoms with Gasteiger partial charge in [-0.1, -0.05) is 50.8 Å². The zero-order valence-electron chi connectivity index (χ0n) is 18.6. The van der Waals surface area contributed by atoms with E-state index in [1.165, 1.54) is 0 Å². The summed E-state index contributed by atoms with van der Waals surface area (Å²) in [5.41, 5.74) is -0.00839. The summed E-state index contributed by atoms with van der Waals surface area (Å²) in [5, 5.41) is 9.08. The molecule has 0 unspecified atom stereocenters. The molecule has 7 heteroatoms. The van der Waals surface area contributed by atoms with Crippen molar-refractivity contribution in [1.82, 2.24) is 15.5 Å². The van der Waals surface area contributed by atoms with Crippen molar-refractivity contribution in [3.63, 3.8) is 0 Å². The Hall–Kier alpha value is -2.57. The normalized spacial score (nSPS) is 18.8. The van der Waals surface area contributed by atoms with Crippen molar-refractivity contribution in [2.75, 3.05) is 25.0 Å². The van der Waals surface area contributed by atoms with Gasteiger partial charge in [0.25, 0.3) is 0 Å². The molecule has 2 aliphatic rings. The third-order valence-electron chi connectivity index (χ3n) is 6.50. The van der Waals surface area contributed by atoms with Crippen molar-refractivity contribution >= 4 is 23.5 Å². The number of piperidine rings is 1. The molecule has 1 aliphatic heterocycles. The number of para-hydroxylation sites is 1. The smallest absolute Gasteiger partial charge is 0.321 e. The van der Waals surface area contributed by atoms with Gasteiger partial charge in [-0.15, -0.1) is 0 Å². The summed E-state index contributed by atoms with van der Waals surface area (Å²) >= 11 is 0. The minimum absolute atomic E-state index is 0.0336. The molecule has 0 radical (unpaired) electrons. The number of anilines is 1. The Labute approximate surface area is 185 Å². The quantitative estimate of drug-likeness (QED) is 0.579. The minimum atomic E-state index is -0.773. The Morgan fingerprint density at radius 2 is 1.71 bits per heavy atom. The van der Waals surface area contributed by atoms with Crippen LogP contribution in [0.2, 0.25) is 0 Å². The highest BCUT2D eigenvalue weighted by Crippen LogP contribution is 2.30. The molecule has 1 aliphatic carbocycles. The maximum absolute atomic E-state index is 13.1. The first-order valence-corrected chi connectivity index (χ1v) is 11.8. The monoisotopic (exact) mass is 428 g/mol. The molecule has 4 amide bonds. The van der Waals surface area contributed by atoms with Crippen LogP contribution in [0.25, 0.3) is 0 Å². The summed E-state index contributed by atoms with van der Waals surface area (Å²) in [7, 11) is 0. The Morgan fingerprint density at radius 1 is 1.03 bits per heavy atom. The summed E-state index contributed by atoms with van der Waals surface area (Å²) in [6.07, 6.45) is 7.62. The van der Waals surface area contributed by atoms with Crippen LogP contribution < -0.4 is 16.0 Å². The minimum Gasteiger partial charge on any atom is -0.354 e. The highest BCUT2D eigenvalue weighted by molar-refractivity contribution is 5.92. The molecule has 2 fully saturated rings. The fourth-order valence-electron chi connectivity index (χ4n) is 4.52. The second-order valence-corrected chi connectivity index (χ2v) is 8.80. The molecule has 7 nitrogen and oxygen atoms in total. The third kappa shape index (κ3) is 6.21. The van der Waals surface area contributed by atoms with Gasteiger partial charge in [0.1, 0.15) is 5.54 Å². The Morgan fingerprint density at radius 3 is 2.35 bits per heavy atom. The number of carbonyl (C=O) groups is 3. The van der Waals surface area contributed by atoms with Crippen molar-refractivity contribution in [1.29, 1.82) is 0 Å². The summed E-state index contributed by atoms with van der Waals surface area (Å²) in [6.45, 7) is 3.82. The van der Waals surface area contributed by atoms with E-state index in [1.54, 1.807) is 4.90 Å². The number of hydrogen-bond donors (Lipinski definition) is 3. The molecular weight excluding hydrogens is 392 g/mol. The van der Waals surface area contributed by atoms with Crippen LogP contribution in [0.1, 0.15) is 64.7 Å². The first-order chi connectivity index (χ1) is 15.0. The largest absolute Gasteiger partial charge is 0.354 e. The number of nitrogens with zero attached hydrogens (tertiary/aromatic N) is 1. The van der Waals surface area contributed by atoms with E-state index in [9.17, 15) is 14.4 Å². The fraction of sp³-hybridized carbons (Fsp3) is 0.625. The average Bonchev–Trinajstić information content (AvgIpc) is 2.80. The molecule has 1 aromatic rings. The van der Waals surface area contributed by atoms with E-state index in [0.29, 0.717) is 45.3 Å². The first-order valence-electron chi connectivity index (χ1n) is 11.8. The van der Waals surface area contributed by atoms with Gasteiger partial charge in [0.15, 0.2) is 0 Å². The molecule has 1 saturated heterocycles. The lowest BCUT2D eigenvalue weighted by molar-refractivity contribution is -0.137. The number of carbonyl (C=O) groups excluding carboxylic acids is 3. The highest BCUT2D eigenvalue weighted by Gasteiger charge is 2.42. The predicted octanol–water partition coefficient (Wildman–Crippen LogP) is 3.67. The van der Waals surface area contributed by atoms with Gasteiger partial charge in [0.2, 0.25) is 11.8 Å². The second kappa shape index (κ2) is 11.2. The van der Waals surface area contributed by atoms with E-state index in [-0.39, 0.29) is 23.8 Å². The van der Waals surface area contributed by atoms with Crippen molar-refractivity contribution in [3.05, 3.63) is 30.3 Å². The first kappa shape index (κ1) is 23.1. The average molecular weight is 429 g/mol. The van der Waals surface area contributed by atoms with Gasteiger partial charge in [-0.05, 0) is 44.2 Å². The molecule has 3 rings (SSSR count). The lowest BCUT2D eigenvalue weighted by Gasteiger charge is -2.39. The standard InChI is InChI=1S/C24H36N4O3/c1-2-3-16-25-22(30)24(14-8-5-9-15-24)27-21(29)19-12-17-28(18-13-19)23(31)26-20-10-6-4-7-11-20/h4,6-7,10-11,19H,2-3,5,8-9,12-18H2,1H3,(H,25,30)(H,26,31)(H,27,29). The summed E-state index contributed by atoms with van der Waals surface area (Å²) < 4.78 is 0. The van der Waals surface area contributed by atoms with Gasteiger partial charge in [-0.3, -0.25) is 9.59 Å². The van der Waals surface area contributed by atoms with Gasteiger partial charge >= 0.3 is 6.03 Å². The Kier molecular flexibility index (Phi) is 8.32. The van der Waals surface area contributed by atoms with Crippen LogP contribution in [0.4, 0.5) is 10.5 Å². The van der Waals surface area contributed by atoms with Crippen LogP contribution in [0.15, 0.2) is 30.3 Å². The zero-order valence-corrected chi connectivity index (χ0v) is 18.6. The number of urea groups is 1. The Bertz CT molecular complexity index is 738. The van der Waals surface area contributed by atoms with E-state index in [0.717, 1.165) is 37.8 Å². The van der Waals surface area contributed by atoms with Crippen LogP contribution in [0.3, 0.4) is 0 Å². The molecular formula is C24H36N4O3. The number of nitrogens with one attached hydrogen (secondary N) is 3. The molecule has 0 bridgehead atoms. The van der Waals surface area contributed by atoms with E-state index in [2.05, 4.69) is 22.9 Å². The number of unbranched alkanes of at least 4 members (excludes halogenated alkanes) is 1. The van der Waals surface area contributed by atoms with Gasteiger partial charge in [0.05, 0.1) is 0 Å². The highest BCUT2D eigenvalue weighted by atomic mass is 16.2. The van der Waals surface area contributed by atoms with Crippen LogP contribution in [-0.4, -0.2) is 47.9 Å². The molecule has 1 saturated carbocycles. The molecule has 170 valence electrons. The van der Waals surface area contributed by atoms with Crippen molar-refractivity contribution in [2.24, 2.45) is 5.92 Å². The van der Waals surface area contributed by atoms with E-state index in [1.807, 2.05) is 30.3 Å². The maximum Gasteiger partial charge on any atom is 0.321 e. The van der Waals surface area contributed by atoms with Gasteiger partial charge < -0.3 is 20.9 Å². The predicted molar refractivity (Wildman–Crippen MR) is 122 cm³/mol. The van der Waals surface area contributed by atoms with Crippen LogP contribution in [0, 0.1) is 5.92 Å². The summed E-state index contributed by atoms with van der Waals surface area (Å²) in [5.74, 6) is -0.243. The second-order valence-electron chi connectivity index (χ2n) is 8.80. The van der Waals surface area contributed by atoms with Crippen molar-refractivity contribution < 1.29 is 14.4 Å². The lowest BCUT2D eigenvalue weighted by atomic mass is 9.80. The van der Waals surface area contributed by atoms with E-state index < -0.39 is 5.54 Å². The van der Waals surface area contributed by atoms with Crippen molar-refractivity contribution in [2.45, 2.75) is 70.3 Å². The molecule has 0 aromatic heterocycles. The Balaban J connectivity index is 1.52. The number of likely N-dealkylation sites (tertiary alicyclic amines) is 1. The van der Waals surface area contributed by atoms with Crippen LogP contribution >= 0.6 is 0 Å². The zero-order chi connectivity index (χ0) is 22.1. The topological polar surface area (TPSA) is 90.5 Å². The van der Waals surface area contributed by atoms with Crippen LogP contribution in [0.5, 0.6) is 0 Å². The fourth-order valence-corrected chi connectivity index (χ4v) is 4.52. The number of rotatable bonds is 7. The summed E-state index contributed by atoms with van der Waals surface area (Å²) in [6, 6.07) is 9.24.